The summed E-state index contributed by atoms with van der Waals surface area (Å²) in [7, 11) is 0. The molecule has 126 valence electrons. The Morgan fingerprint density at radius 2 is 1.74 bits per heavy atom. The Kier molecular flexibility index (Phi) is 5.83. The number of nitrogens with zero attached hydrogens (tertiary/aromatic N) is 3. The topological polar surface area (TPSA) is 58.1 Å². The normalized spacial score (nSPS) is 20.4. The van der Waals surface area contributed by atoms with Crippen LogP contribution in [0.3, 0.4) is 0 Å². The maximum Gasteiger partial charge on any atom is 0.225 e. The molecule has 2 aliphatic rings. The molecule has 2 fully saturated rings. The number of carbonyl (C=O) groups is 1. The van der Waals surface area contributed by atoms with Crippen molar-refractivity contribution in [3.63, 3.8) is 0 Å². The molecule has 0 spiro atoms. The van der Waals surface area contributed by atoms with Gasteiger partial charge in [-0.3, -0.25) is 4.79 Å². The zero-order valence-corrected chi connectivity index (χ0v) is 13.9. The Balaban J connectivity index is 1.35. The fourth-order valence-electron chi connectivity index (χ4n) is 3.78. The predicted octanol–water partition coefficient (Wildman–Crippen LogP) is 2.78. The molecule has 23 heavy (non-hydrogen) atoms. The molecule has 1 N–H and O–H groups in total. The highest BCUT2D eigenvalue weighted by Gasteiger charge is 2.22. The molecule has 1 aliphatic carbocycles. The van der Waals surface area contributed by atoms with Gasteiger partial charge in [-0.1, -0.05) is 19.3 Å². The number of piperidine rings is 1. The van der Waals surface area contributed by atoms with Crippen molar-refractivity contribution in [1.29, 1.82) is 0 Å². The van der Waals surface area contributed by atoms with Crippen LogP contribution < -0.4 is 10.2 Å². The highest BCUT2D eigenvalue weighted by atomic mass is 16.1. The largest absolute Gasteiger partial charge is 0.356 e. The lowest BCUT2D eigenvalue weighted by Gasteiger charge is -2.32. The Bertz CT molecular complexity index is 479. The second-order valence-corrected chi connectivity index (χ2v) is 6.99. The van der Waals surface area contributed by atoms with Gasteiger partial charge in [0.1, 0.15) is 0 Å². The van der Waals surface area contributed by atoms with Crippen molar-refractivity contribution in [3.8, 4) is 0 Å². The van der Waals surface area contributed by atoms with Gasteiger partial charge in [-0.25, -0.2) is 9.97 Å². The van der Waals surface area contributed by atoms with Crippen LogP contribution in [0.2, 0.25) is 0 Å². The van der Waals surface area contributed by atoms with Crippen LogP contribution in [0.15, 0.2) is 18.5 Å². The van der Waals surface area contributed by atoms with E-state index in [-0.39, 0.29) is 5.91 Å². The molecule has 1 aromatic rings. The highest BCUT2D eigenvalue weighted by molar-refractivity contribution is 5.76. The number of carbonyl (C=O) groups excluding carboxylic acids is 1. The summed E-state index contributed by atoms with van der Waals surface area (Å²) >= 11 is 0. The van der Waals surface area contributed by atoms with E-state index in [1.165, 1.54) is 32.1 Å². The third-order valence-electron chi connectivity index (χ3n) is 5.24. The second-order valence-electron chi connectivity index (χ2n) is 6.99. The first-order valence-corrected chi connectivity index (χ1v) is 9.10. The number of hydrogen-bond donors (Lipinski definition) is 1. The van der Waals surface area contributed by atoms with Crippen molar-refractivity contribution in [2.45, 2.75) is 51.4 Å². The Morgan fingerprint density at radius 3 is 2.43 bits per heavy atom. The van der Waals surface area contributed by atoms with Crippen molar-refractivity contribution in [2.24, 2.45) is 11.8 Å². The van der Waals surface area contributed by atoms with Gasteiger partial charge in [-0.2, -0.15) is 0 Å². The molecule has 1 saturated heterocycles. The lowest BCUT2D eigenvalue weighted by molar-refractivity contribution is -0.122. The maximum absolute atomic E-state index is 12.1. The number of amides is 1. The van der Waals surface area contributed by atoms with Gasteiger partial charge < -0.3 is 10.2 Å². The van der Waals surface area contributed by atoms with Crippen LogP contribution in [-0.4, -0.2) is 35.5 Å². The van der Waals surface area contributed by atoms with Crippen LogP contribution in [0, 0.1) is 11.8 Å². The summed E-state index contributed by atoms with van der Waals surface area (Å²) in [6.45, 7) is 2.79. The molecule has 5 heteroatoms. The molecule has 1 amide bonds. The Hall–Kier alpha value is -1.65. The third kappa shape index (κ3) is 4.91. The molecule has 1 aliphatic heterocycles. The van der Waals surface area contributed by atoms with Gasteiger partial charge in [0, 0.05) is 38.4 Å². The number of aromatic nitrogens is 2. The summed E-state index contributed by atoms with van der Waals surface area (Å²) in [6.07, 6.45) is 12.9. The molecule has 5 nitrogen and oxygen atoms in total. The summed E-state index contributed by atoms with van der Waals surface area (Å²) in [5, 5.41) is 3.17. The van der Waals surface area contributed by atoms with Crippen molar-refractivity contribution in [3.05, 3.63) is 18.5 Å². The van der Waals surface area contributed by atoms with Gasteiger partial charge in [0.15, 0.2) is 0 Å². The quantitative estimate of drug-likeness (QED) is 0.907. The van der Waals surface area contributed by atoms with Gasteiger partial charge in [0.2, 0.25) is 11.9 Å². The number of nitrogens with one attached hydrogen (secondary N) is 1. The van der Waals surface area contributed by atoms with E-state index >= 15 is 0 Å². The molecule has 2 heterocycles. The van der Waals surface area contributed by atoms with Gasteiger partial charge in [-0.15, -0.1) is 0 Å². The molecule has 0 atom stereocenters. The molecule has 0 unspecified atom stereocenters. The van der Waals surface area contributed by atoms with E-state index in [1.54, 1.807) is 12.4 Å². The summed E-state index contributed by atoms with van der Waals surface area (Å²) < 4.78 is 0. The molecule has 1 aromatic heterocycles. The maximum atomic E-state index is 12.1. The zero-order valence-electron chi connectivity index (χ0n) is 13.9. The molecule has 0 aromatic carbocycles. The van der Waals surface area contributed by atoms with Crippen molar-refractivity contribution in [2.75, 3.05) is 24.5 Å². The van der Waals surface area contributed by atoms with E-state index in [1.807, 2.05) is 6.07 Å². The predicted molar refractivity (Wildman–Crippen MR) is 91.2 cm³/mol. The summed E-state index contributed by atoms with van der Waals surface area (Å²) in [4.78, 5) is 23.0. The molecular weight excluding hydrogens is 288 g/mol. The first kappa shape index (κ1) is 16.2. The van der Waals surface area contributed by atoms with Crippen LogP contribution >= 0.6 is 0 Å². The fourth-order valence-corrected chi connectivity index (χ4v) is 3.78. The SMILES string of the molecule is O=C(CC1CCCCC1)NCC1CCN(c2ncccn2)CC1. The molecule has 3 rings (SSSR count). The molecular formula is C18H28N4O. The van der Waals surface area contributed by atoms with Crippen LogP contribution in [0.5, 0.6) is 0 Å². The Morgan fingerprint density at radius 1 is 1.04 bits per heavy atom. The van der Waals surface area contributed by atoms with Crippen LogP contribution in [0.1, 0.15) is 51.4 Å². The smallest absolute Gasteiger partial charge is 0.225 e. The van der Waals surface area contributed by atoms with Gasteiger partial charge in [-0.05, 0) is 43.6 Å². The standard InChI is InChI=1S/C18H28N4O/c23-17(13-15-5-2-1-3-6-15)21-14-16-7-11-22(12-8-16)18-19-9-4-10-20-18/h4,9-10,15-16H,1-3,5-8,11-14H2,(H,21,23). The summed E-state index contributed by atoms with van der Waals surface area (Å²) in [5.41, 5.74) is 0. The van der Waals surface area contributed by atoms with E-state index < -0.39 is 0 Å². The fraction of sp³-hybridized carbons (Fsp3) is 0.722. The first-order chi connectivity index (χ1) is 11.3. The van der Waals surface area contributed by atoms with Crippen molar-refractivity contribution in [1.82, 2.24) is 15.3 Å². The minimum Gasteiger partial charge on any atom is -0.356 e. The third-order valence-corrected chi connectivity index (χ3v) is 5.24. The average Bonchev–Trinajstić information content (AvgIpc) is 2.62. The van der Waals surface area contributed by atoms with E-state index in [2.05, 4.69) is 20.2 Å². The average molecular weight is 316 g/mol. The Labute approximate surface area is 138 Å². The van der Waals surface area contributed by atoms with Gasteiger partial charge in [0.05, 0.1) is 0 Å². The van der Waals surface area contributed by atoms with Crippen molar-refractivity contribution >= 4 is 11.9 Å². The number of hydrogen-bond acceptors (Lipinski definition) is 4. The van der Waals surface area contributed by atoms with Crippen molar-refractivity contribution < 1.29 is 4.79 Å². The lowest BCUT2D eigenvalue weighted by Crippen LogP contribution is -2.39. The van der Waals surface area contributed by atoms with E-state index in [9.17, 15) is 4.79 Å². The molecule has 0 bridgehead atoms. The molecule has 1 saturated carbocycles. The zero-order chi connectivity index (χ0) is 15.9. The summed E-state index contributed by atoms with van der Waals surface area (Å²) in [6, 6.07) is 1.85. The van der Waals surface area contributed by atoms with Crippen LogP contribution in [0.25, 0.3) is 0 Å². The number of anilines is 1. The van der Waals surface area contributed by atoms with Gasteiger partial charge in [0.25, 0.3) is 0 Å². The monoisotopic (exact) mass is 316 g/mol. The van der Waals surface area contributed by atoms with Gasteiger partial charge >= 0.3 is 0 Å². The second kappa shape index (κ2) is 8.27. The molecule has 0 radical (unpaired) electrons. The van der Waals surface area contributed by atoms with Crippen LogP contribution in [0.4, 0.5) is 5.95 Å². The minimum absolute atomic E-state index is 0.255. The first-order valence-electron chi connectivity index (χ1n) is 9.10. The van der Waals surface area contributed by atoms with E-state index in [4.69, 9.17) is 0 Å². The minimum atomic E-state index is 0.255. The highest BCUT2D eigenvalue weighted by Crippen LogP contribution is 2.26. The van der Waals surface area contributed by atoms with E-state index in [0.29, 0.717) is 11.8 Å². The van der Waals surface area contributed by atoms with Crippen LogP contribution in [-0.2, 0) is 4.79 Å². The summed E-state index contributed by atoms with van der Waals surface area (Å²) in [5.74, 6) is 2.30. The van der Waals surface area contributed by atoms with E-state index in [0.717, 1.165) is 44.8 Å². The lowest BCUT2D eigenvalue weighted by atomic mass is 9.87. The number of rotatable bonds is 5.